The molecule has 41 heavy (non-hydrogen) atoms. The molecular weight excluding hydrogens is 512 g/mol. The lowest BCUT2D eigenvalue weighted by atomic mass is 9.83. The van der Waals surface area contributed by atoms with E-state index >= 15 is 0 Å². The van der Waals surface area contributed by atoms with E-state index in [0.29, 0.717) is 29.4 Å². The Morgan fingerprint density at radius 2 is 1.56 bits per heavy atom. The number of para-hydroxylation sites is 1. The van der Waals surface area contributed by atoms with Crippen LogP contribution in [0.4, 0.5) is 0 Å². The van der Waals surface area contributed by atoms with E-state index in [1.54, 1.807) is 12.1 Å². The minimum atomic E-state index is -0.603. The van der Waals surface area contributed by atoms with Crippen LogP contribution in [-0.4, -0.2) is 12.6 Å². The van der Waals surface area contributed by atoms with Crippen molar-refractivity contribution in [1.29, 1.82) is 5.26 Å². The quantitative estimate of drug-likeness (QED) is 0.129. The van der Waals surface area contributed by atoms with Crippen LogP contribution in [0.25, 0.3) is 0 Å². The summed E-state index contributed by atoms with van der Waals surface area (Å²) in [6, 6.07) is 34.2. The number of unbranched alkanes of at least 4 members (excludes halogenated alkanes) is 2. The Labute approximate surface area is 240 Å². The molecule has 6 heteroatoms. The lowest BCUT2D eigenvalue weighted by Gasteiger charge is -2.28. The molecule has 1 aliphatic heterocycles. The minimum absolute atomic E-state index is 0.0145. The fourth-order valence-corrected chi connectivity index (χ4v) is 5.13. The van der Waals surface area contributed by atoms with Crippen molar-refractivity contribution in [2.75, 3.05) is 6.61 Å². The fourth-order valence-electron chi connectivity index (χ4n) is 5.13. The van der Waals surface area contributed by atoms with Crippen molar-refractivity contribution in [3.05, 3.63) is 137 Å². The standard InChI is InChI=1S/C35H32N2O4/c1-2-3-12-21-39-30-18-11-10-17-27(30)33-28-20-19-26(22-31(28)41-34(37)29(33)23-36)40-35(38)32(24-13-6-4-7-14-24)25-15-8-5-9-16-25/h4-11,13-20,22,32-33H,2-3,12,21,37H2,1H3. The molecule has 0 saturated heterocycles. The Morgan fingerprint density at radius 1 is 0.902 bits per heavy atom. The molecule has 0 fully saturated rings. The third-order valence-electron chi connectivity index (χ3n) is 7.15. The van der Waals surface area contributed by atoms with Crippen LogP contribution in [0.2, 0.25) is 0 Å². The van der Waals surface area contributed by atoms with Gasteiger partial charge in [0.15, 0.2) is 0 Å². The topological polar surface area (TPSA) is 94.6 Å². The maximum Gasteiger partial charge on any atom is 0.323 e. The van der Waals surface area contributed by atoms with Crippen molar-refractivity contribution in [3.8, 4) is 23.3 Å². The largest absolute Gasteiger partial charge is 0.493 e. The van der Waals surface area contributed by atoms with Crippen LogP contribution in [0.3, 0.4) is 0 Å². The van der Waals surface area contributed by atoms with Gasteiger partial charge in [0, 0.05) is 17.2 Å². The summed E-state index contributed by atoms with van der Waals surface area (Å²) in [5.74, 6) is -0.0463. The van der Waals surface area contributed by atoms with E-state index in [1.165, 1.54) is 0 Å². The number of allylic oxidation sites excluding steroid dienone is 1. The van der Waals surface area contributed by atoms with Crippen LogP contribution in [-0.2, 0) is 4.79 Å². The number of nitrogens with zero attached hydrogens (tertiary/aromatic N) is 1. The molecule has 0 spiro atoms. The fraction of sp³-hybridized carbons (Fsp3) is 0.200. The first-order valence-corrected chi connectivity index (χ1v) is 13.9. The SMILES string of the molecule is CCCCCOc1ccccc1C1C(C#N)=C(N)Oc2cc(OC(=O)C(c3ccccc3)c3ccccc3)ccc21. The molecule has 5 rings (SSSR count). The second-order valence-electron chi connectivity index (χ2n) is 9.89. The molecular formula is C35H32N2O4. The van der Waals surface area contributed by atoms with E-state index in [2.05, 4.69) is 13.0 Å². The Kier molecular flexibility index (Phi) is 8.66. The predicted molar refractivity (Wildman–Crippen MR) is 158 cm³/mol. The number of hydrogen-bond acceptors (Lipinski definition) is 6. The van der Waals surface area contributed by atoms with E-state index in [4.69, 9.17) is 19.9 Å². The first-order chi connectivity index (χ1) is 20.1. The summed E-state index contributed by atoms with van der Waals surface area (Å²) in [6.07, 6.45) is 3.12. The summed E-state index contributed by atoms with van der Waals surface area (Å²) < 4.78 is 17.9. The Hall–Kier alpha value is -5.02. The molecule has 4 aromatic rings. The van der Waals surface area contributed by atoms with E-state index in [1.807, 2.05) is 91.0 Å². The number of benzene rings is 4. The van der Waals surface area contributed by atoms with Crippen LogP contribution in [0.5, 0.6) is 17.2 Å². The molecule has 6 nitrogen and oxygen atoms in total. The summed E-state index contributed by atoms with van der Waals surface area (Å²) in [4.78, 5) is 13.6. The molecule has 2 N–H and O–H groups in total. The third-order valence-corrected chi connectivity index (χ3v) is 7.15. The van der Waals surface area contributed by atoms with Gasteiger partial charge in [-0.3, -0.25) is 4.79 Å². The number of nitrogens with two attached hydrogens (primary N) is 1. The zero-order valence-corrected chi connectivity index (χ0v) is 23.0. The number of fused-ring (bicyclic) bond motifs is 1. The highest BCUT2D eigenvalue weighted by Crippen LogP contribution is 2.46. The molecule has 0 bridgehead atoms. The zero-order valence-electron chi connectivity index (χ0n) is 23.0. The van der Waals surface area contributed by atoms with Crippen molar-refractivity contribution < 1.29 is 19.0 Å². The van der Waals surface area contributed by atoms with Crippen molar-refractivity contribution in [2.45, 2.75) is 38.0 Å². The molecule has 0 radical (unpaired) electrons. The molecule has 1 atom stereocenters. The monoisotopic (exact) mass is 544 g/mol. The Balaban J connectivity index is 1.46. The van der Waals surface area contributed by atoms with Crippen LogP contribution in [0, 0.1) is 11.3 Å². The van der Waals surface area contributed by atoms with Crippen LogP contribution in [0.1, 0.15) is 60.3 Å². The van der Waals surface area contributed by atoms with Gasteiger partial charge >= 0.3 is 5.97 Å². The first kappa shape index (κ1) is 27.5. The number of carbonyl (C=O) groups is 1. The first-order valence-electron chi connectivity index (χ1n) is 13.9. The number of esters is 1. The van der Waals surface area contributed by atoms with Crippen LogP contribution >= 0.6 is 0 Å². The Morgan fingerprint density at radius 3 is 2.22 bits per heavy atom. The highest BCUT2D eigenvalue weighted by Gasteiger charge is 2.33. The van der Waals surface area contributed by atoms with Crippen LogP contribution < -0.4 is 19.9 Å². The van der Waals surface area contributed by atoms with Crippen LogP contribution in [0.15, 0.2) is 115 Å². The van der Waals surface area contributed by atoms with Gasteiger partial charge in [-0.25, -0.2) is 0 Å². The van der Waals surface area contributed by atoms with Gasteiger partial charge in [-0.2, -0.15) is 5.26 Å². The summed E-state index contributed by atoms with van der Waals surface area (Å²) in [5.41, 5.74) is 9.79. The molecule has 0 saturated carbocycles. The molecule has 0 aromatic heterocycles. The minimum Gasteiger partial charge on any atom is -0.493 e. The maximum atomic E-state index is 13.6. The van der Waals surface area contributed by atoms with Gasteiger partial charge in [0.2, 0.25) is 5.88 Å². The maximum absolute atomic E-state index is 13.6. The Bertz CT molecular complexity index is 1540. The number of ether oxygens (including phenoxy) is 3. The van der Waals surface area contributed by atoms with Gasteiger partial charge in [-0.05, 0) is 29.7 Å². The smallest absolute Gasteiger partial charge is 0.323 e. The van der Waals surface area contributed by atoms with Gasteiger partial charge in [-0.1, -0.05) is 105 Å². The van der Waals surface area contributed by atoms with Crippen molar-refractivity contribution in [2.24, 2.45) is 5.73 Å². The molecule has 1 heterocycles. The number of carbonyl (C=O) groups excluding carboxylic acids is 1. The normalized spacial score (nSPS) is 14.1. The van der Waals surface area contributed by atoms with E-state index < -0.39 is 17.8 Å². The van der Waals surface area contributed by atoms with Crippen molar-refractivity contribution >= 4 is 5.97 Å². The zero-order chi connectivity index (χ0) is 28.6. The van der Waals surface area contributed by atoms with Crippen molar-refractivity contribution in [1.82, 2.24) is 0 Å². The number of hydrogen-bond donors (Lipinski definition) is 1. The molecule has 1 aliphatic rings. The van der Waals surface area contributed by atoms with Crippen molar-refractivity contribution in [3.63, 3.8) is 0 Å². The summed E-state index contributed by atoms with van der Waals surface area (Å²) in [7, 11) is 0. The summed E-state index contributed by atoms with van der Waals surface area (Å²) in [5, 5.41) is 10.0. The second kappa shape index (κ2) is 12.9. The summed E-state index contributed by atoms with van der Waals surface area (Å²) >= 11 is 0. The van der Waals surface area contributed by atoms with Gasteiger partial charge in [-0.15, -0.1) is 0 Å². The average molecular weight is 545 g/mol. The average Bonchev–Trinajstić information content (AvgIpc) is 3.00. The van der Waals surface area contributed by atoms with Gasteiger partial charge in [0.05, 0.1) is 12.5 Å². The lowest BCUT2D eigenvalue weighted by molar-refractivity contribution is -0.135. The predicted octanol–water partition coefficient (Wildman–Crippen LogP) is 7.21. The number of rotatable bonds is 10. The van der Waals surface area contributed by atoms with E-state index in [0.717, 1.165) is 41.5 Å². The second-order valence-corrected chi connectivity index (χ2v) is 9.89. The van der Waals surface area contributed by atoms with Gasteiger partial charge < -0.3 is 19.9 Å². The molecule has 206 valence electrons. The van der Waals surface area contributed by atoms with Gasteiger partial charge in [0.1, 0.15) is 34.8 Å². The molecule has 0 amide bonds. The molecule has 0 aliphatic carbocycles. The van der Waals surface area contributed by atoms with E-state index in [9.17, 15) is 10.1 Å². The molecule has 4 aromatic carbocycles. The summed E-state index contributed by atoms with van der Waals surface area (Å²) in [6.45, 7) is 2.73. The third kappa shape index (κ3) is 6.10. The van der Waals surface area contributed by atoms with E-state index in [-0.39, 0.29) is 5.88 Å². The highest BCUT2D eigenvalue weighted by molar-refractivity contribution is 5.84. The molecule has 1 unspecified atom stereocenters. The highest BCUT2D eigenvalue weighted by atomic mass is 16.5. The number of nitriles is 1. The lowest BCUT2D eigenvalue weighted by Crippen LogP contribution is -2.22. The van der Waals surface area contributed by atoms with Gasteiger partial charge in [0.25, 0.3) is 0 Å².